The lowest BCUT2D eigenvalue weighted by Crippen LogP contribution is -2.12. The number of nitrogen functional groups attached to an aromatic ring is 1. The monoisotopic (exact) mass is 475 g/mol. The van der Waals surface area contributed by atoms with E-state index in [0.717, 1.165) is 26.7 Å². The van der Waals surface area contributed by atoms with Gasteiger partial charge in [-0.3, -0.25) is 9.71 Å². The number of rotatable bonds is 3. The van der Waals surface area contributed by atoms with Crippen LogP contribution in [-0.4, -0.2) is 13.4 Å². The number of para-hydroxylation sites is 1. The number of nitrogens with zero attached hydrogens (tertiary/aromatic N) is 1. The number of hydrogen-bond acceptors (Lipinski definition) is 5. The summed E-state index contributed by atoms with van der Waals surface area (Å²) in [6.45, 7) is 5.83. The molecule has 2 aromatic heterocycles. The van der Waals surface area contributed by atoms with Crippen molar-refractivity contribution in [2.45, 2.75) is 25.0 Å². The van der Waals surface area contributed by atoms with Gasteiger partial charge in [0.15, 0.2) is 0 Å². The average molecular weight is 476 g/mol. The number of nitrogens with two attached hydrogens (primary N) is 1. The molecule has 0 aliphatic rings. The molecular weight excluding hydrogens is 450 g/mol. The molecule has 168 valence electrons. The average Bonchev–Trinajstić information content (AvgIpc) is 3.25. The Balaban J connectivity index is 0.000000196. The largest absolute Gasteiger partial charge is 0.398 e. The van der Waals surface area contributed by atoms with Gasteiger partial charge in [0.1, 0.15) is 4.21 Å². The summed E-state index contributed by atoms with van der Waals surface area (Å²) >= 11 is 1.25. The number of hydrogen-bond donors (Lipinski definition) is 2. The molecule has 5 nitrogen and oxygen atoms in total. The first-order valence-electron chi connectivity index (χ1n) is 10.4. The topological polar surface area (TPSA) is 85.1 Å². The van der Waals surface area contributed by atoms with E-state index in [9.17, 15) is 8.42 Å². The van der Waals surface area contributed by atoms with Gasteiger partial charge in [-0.15, -0.1) is 11.3 Å². The number of thiophene rings is 1. The molecule has 7 heteroatoms. The summed E-state index contributed by atoms with van der Waals surface area (Å²) in [5.41, 5.74) is 10.5. The van der Waals surface area contributed by atoms with Crippen molar-refractivity contribution >= 4 is 54.4 Å². The first-order chi connectivity index (χ1) is 15.8. The van der Waals surface area contributed by atoms with Crippen LogP contribution >= 0.6 is 11.3 Å². The van der Waals surface area contributed by atoms with Crippen LogP contribution in [0, 0.1) is 20.8 Å². The molecule has 0 amide bonds. The second-order valence-electron chi connectivity index (χ2n) is 7.82. The first-order valence-corrected chi connectivity index (χ1v) is 12.7. The molecule has 0 spiro atoms. The molecule has 0 atom stereocenters. The number of sulfonamides is 1. The first kappa shape index (κ1) is 22.8. The Morgan fingerprint density at radius 2 is 1.58 bits per heavy atom. The highest BCUT2D eigenvalue weighted by Crippen LogP contribution is 2.33. The SMILES string of the molecule is Cc1ccc(S(=O)(=O)Nc2cc(C)c(N)c3ccccc23)s1.Cc1cccc2cccnc12. The van der Waals surface area contributed by atoms with Gasteiger partial charge >= 0.3 is 0 Å². The van der Waals surface area contributed by atoms with E-state index in [1.54, 1.807) is 18.2 Å². The minimum Gasteiger partial charge on any atom is -0.398 e. The third kappa shape index (κ3) is 4.84. The summed E-state index contributed by atoms with van der Waals surface area (Å²) < 4.78 is 28.0. The second kappa shape index (κ2) is 9.21. The van der Waals surface area contributed by atoms with Crippen LogP contribution < -0.4 is 10.5 Å². The zero-order valence-electron chi connectivity index (χ0n) is 18.7. The molecule has 5 rings (SSSR count). The highest BCUT2D eigenvalue weighted by atomic mass is 32.2. The molecule has 0 bridgehead atoms. The number of fused-ring (bicyclic) bond motifs is 2. The van der Waals surface area contributed by atoms with E-state index in [2.05, 4.69) is 40.9 Å². The summed E-state index contributed by atoms with van der Waals surface area (Å²) in [7, 11) is -3.59. The molecule has 3 aromatic carbocycles. The number of aryl methyl sites for hydroxylation is 3. The Morgan fingerprint density at radius 3 is 2.27 bits per heavy atom. The van der Waals surface area contributed by atoms with Crippen molar-refractivity contribution in [3.63, 3.8) is 0 Å². The highest BCUT2D eigenvalue weighted by molar-refractivity contribution is 7.94. The lowest BCUT2D eigenvalue weighted by atomic mass is 10.0. The second-order valence-corrected chi connectivity index (χ2v) is 11.0. The van der Waals surface area contributed by atoms with Gasteiger partial charge in [0.25, 0.3) is 10.0 Å². The normalized spacial score (nSPS) is 11.2. The molecule has 0 unspecified atom stereocenters. The number of pyridine rings is 1. The Morgan fingerprint density at radius 1 is 0.848 bits per heavy atom. The maximum atomic E-state index is 12.5. The Labute approximate surface area is 198 Å². The van der Waals surface area contributed by atoms with E-state index in [4.69, 9.17) is 5.73 Å². The van der Waals surface area contributed by atoms with Gasteiger partial charge in [0.2, 0.25) is 0 Å². The molecule has 5 aromatic rings. The van der Waals surface area contributed by atoms with Crippen molar-refractivity contribution in [1.82, 2.24) is 4.98 Å². The molecule has 0 saturated heterocycles. The minimum atomic E-state index is -3.59. The summed E-state index contributed by atoms with van der Waals surface area (Å²) in [6.07, 6.45) is 1.83. The van der Waals surface area contributed by atoms with Crippen LogP contribution in [0.3, 0.4) is 0 Å². The highest BCUT2D eigenvalue weighted by Gasteiger charge is 2.18. The molecule has 33 heavy (non-hydrogen) atoms. The molecule has 0 saturated carbocycles. The Hall–Kier alpha value is -3.42. The Kier molecular flexibility index (Phi) is 6.35. The zero-order chi connectivity index (χ0) is 23.6. The van der Waals surface area contributed by atoms with E-state index in [0.29, 0.717) is 15.6 Å². The number of aromatic nitrogens is 1. The summed E-state index contributed by atoms with van der Waals surface area (Å²) in [5, 5.41) is 2.86. The molecule has 2 heterocycles. The quantitative estimate of drug-likeness (QED) is 0.294. The van der Waals surface area contributed by atoms with Crippen LogP contribution in [0.5, 0.6) is 0 Å². The molecular formula is C26H25N3O2S2. The van der Waals surface area contributed by atoms with Gasteiger partial charge in [-0.1, -0.05) is 48.5 Å². The van der Waals surface area contributed by atoms with Gasteiger partial charge in [-0.25, -0.2) is 8.42 Å². The summed E-state index contributed by atoms with van der Waals surface area (Å²) in [5.74, 6) is 0. The molecule has 0 fully saturated rings. The Bertz CT molecular complexity index is 1550. The van der Waals surface area contributed by atoms with Gasteiger partial charge in [0.05, 0.1) is 11.2 Å². The van der Waals surface area contributed by atoms with Crippen molar-refractivity contribution in [2.24, 2.45) is 0 Å². The summed E-state index contributed by atoms with van der Waals surface area (Å²) in [4.78, 5) is 5.24. The smallest absolute Gasteiger partial charge is 0.271 e. The fourth-order valence-corrected chi connectivity index (χ4v) is 5.98. The third-order valence-corrected chi connectivity index (χ3v) is 8.21. The fourth-order valence-electron chi connectivity index (χ4n) is 3.63. The molecule has 3 N–H and O–H groups in total. The van der Waals surface area contributed by atoms with Crippen molar-refractivity contribution in [3.8, 4) is 0 Å². The van der Waals surface area contributed by atoms with Crippen LogP contribution in [0.4, 0.5) is 11.4 Å². The predicted molar refractivity (Wildman–Crippen MR) is 139 cm³/mol. The van der Waals surface area contributed by atoms with E-state index >= 15 is 0 Å². The van der Waals surface area contributed by atoms with Gasteiger partial charge in [-0.05, 0) is 56.2 Å². The predicted octanol–water partition coefficient (Wildman–Crippen LogP) is 6.44. The lowest BCUT2D eigenvalue weighted by molar-refractivity contribution is 0.603. The molecule has 0 aliphatic carbocycles. The zero-order valence-corrected chi connectivity index (χ0v) is 20.3. The lowest BCUT2D eigenvalue weighted by Gasteiger charge is -2.13. The van der Waals surface area contributed by atoms with Gasteiger partial charge in [-0.2, -0.15) is 0 Å². The van der Waals surface area contributed by atoms with E-state index in [1.807, 2.05) is 50.4 Å². The van der Waals surface area contributed by atoms with Crippen LogP contribution in [-0.2, 0) is 10.0 Å². The standard InChI is InChI=1S/C16H16N2O2S2.C10H9N/c1-10-9-14(12-5-3-4-6-13(12)16(10)17)18-22(19,20)15-8-7-11(2)21-15;1-8-4-2-5-9-6-3-7-11-10(8)9/h3-9,18H,17H2,1-2H3;2-7H,1H3. The van der Waals surface area contributed by atoms with Crippen molar-refractivity contribution in [2.75, 3.05) is 10.5 Å². The summed E-state index contributed by atoms with van der Waals surface area (Å²) in [6, 6.07) is 23.0. The van der Waals surface area contributed by atoms with Crippen LogP contribution in [0.2, 0.25) is 0 Å². The van der Waals surface area contributed by atoms with Gasteiger partial charge in [0, 0.05) is 32.9 Å². The molecule has 0 radical (unpaired) electrons. The van der Waals surface area contributed by atoms with Crippen LogP contribution in [0.1, 0.15) is 16.0 Å². The van der Waals surface area contributed by atoms with E-state index in [1.165, 1.54) is 22.3 Å². The number of anilines is 2. The number of benzene rings is 3. The van der Waals surface area contributed by atoms with Gasteiger partial charge < -0.3 is 5.73 Å². The van der Waals surface area contributed by atoms with Crippen molar-refractivity contribution in [1.29, 1.82) is 0 Å². The van der Waals surface area contributed by atoms with Crippen molar-refractivity contribution in [3.05, 3.63) is 95.0 Å². The molecule has 0 aliphatic heterocycles. The van der Waals surface area contributed by atoms with Crippen LogP contribution in [0.25, 0.3) is 21.7 Å². The van der Waals surface area contributed by atoms with Crippen molar-refractivity contribution < 1.29 is 8.42 Å². The van der Waals surface area contributed by atoms with E-state index < -0.39 is 10.0 Å². The van der Waals surface area contributed by atoms with Crippen LogP contribution in [0.15, 0.2) is 83.2 Å². The minimum absolute atomic E-state index is 0.309. The number of nitrogens with one attached hydrogen (secondary N) is 1. The third-order valence-electron chi connectivity index (χ3n) is 5.35. The maximum absolute atomic E-state index is 12.5. The fraction of sp³-hybridized carbons (Fsp3) is 0.115. The van der Waals surface area contributed by atoms with E-state index in [-0.39, 0.29) is 0 Å². The maximum Gasteiger partial charge on any atom is 0.271 e.